The van der Waals surface area contributed by atoms with E-state index in [0.29, 0.717) is 32.8 Å². The monoisotopic (exact) mass is 412 g/mol. The van der Waals surface area contributed by atoms with E-state index in [1.807, 2.05) is 62.1 Å². The molecular weight excluding hydrogens is 380 g/mol. The van der Waals surface area contributed by atoms with E-state index in [1.54, 1.807) is 0 Å². The highest BCUT2D eigenvalue weighted by molar-refractivity contribution is 5.74. The molecule has 1 fully saturated rings. The van der Waals surface area contributed by atoms with Crippen LogP contribution in [0.1, 0.15) is 30.9 Å². The summed E-state index contributed by atoms with van der Waals surface area (Å²) in [4.78, 5) is 14.3. The molecule has 30 heavy (non-hydrogen) atoms. The largest absolute Gasteiger partial charge is 0.492 e. The van der Waals surface area contributed by atoms with Gasteiger partial charge in [-0.3, -0.25) is 0 Å². The number of nitrogens with one attached hydrogen (secondary N) is 1. The zero-order valence-corrected chi connectivity index (χ0v) is 18.1. The Hall–Kier alpha value is -2.89. The van der Waals surface area contributed by atoms with Crippen molar-refractivity contribution < 1.29 is 19.0 Å². The van der Waals surface area contributed by atoms with Crippen molar-refractivity contribution in [2.45, 2.75) is 39.7 Å². The second-order valence-electron chi connectivity index (χ2n) is 7.59. The van der Waals surface area contributed by atoms with Crippen LogP contribution in [0.4, 0.5) is 4.79 Å². The van der Waals surface area contributed by atoms with Gasteiger partial charge in [-0.1, -0.05) is 18.2 Å². The highest BCUT2D eigenvalue weighted by atomic mass is 16.5. The number of nitrogens with zero attached hydrogens (tertiary/aromatic N) is 1. The minimum Gasteiger partial charge on any atom is -0.492 e. The molecule has 2 aromatic carbocycles. The summed E-state index contributed by atoms with van der Waals surface area (Å²) in [7, 11) is 0. The maximum Gasteiger partial charge on any atom is 0.317 e. The highest BCUT2D eigenvalue weighted by Crippen LogP contribution is 2.29. The van der Waals surface area contributed by atoms with Crippen LogP contribution in [0.5, 0.6) is 17.2 Å². The molecule has 1 N–H and O–H groups in total. The third-order valence-corrected chi connectivity index (χ3v) is 5.01. The lowest BCUT2D eigenvalue weighted by atomic mass is 10.1. The maximum absolute atomic E-state index is 12.4. The fourth-order valence-corrected chi connectivity index (χ4v) is 3.63. The number of carbonyl (C=O) groups excluding carboxylic acids is 1. The van der Waals surface area contributed by atoms with Crippen LogP contribution >= 0.6 is 0 Å². The van der Waals surface area contributed by atoms with Crippen LogP contribution in [-0.4, -0.2) is 49.9 Å². The summed E-state index contributed by atoms with van der Waals surface area (Å²) in [6.45, 7) is 8.92. The first-order valence-electron chi connectivity index (χ1n) is 10.7. The van der Waals surface area contributed by atoms with Gasteiger partial charge in [0, 0.05) is 25.9 Å². The van der Waals surface area contributed by atoms with E-state index in [2.05, 4.69) is 11.4 Å². The molecule has 0 radical (unpaired) electrons. The number of amides is 2. The topological polar surface area (TPSA) is 60.0 Å². The molecule has 2 aromatic rings. The van der Waals surface area contributed by atoms with Crippen molar-refractivity contribution >= 4 is 6.03 Å². The Morgan fingerprint density at radius 3 is 2.37 bits per heavy atom. The quantitative estimate of drug-likeness (QED) is 0.656. The van der Waals surface area contributed by atoms with E-state index in [0.717, 1.165) is 30.1 Å². The van der Waals surface area contributed by atoms with E-state index in [4.69, 9.17) is 14.2 Å². The number of para-hydroxylation sites is 2. The standard InChI is InChI=1S/C24H32N2O4/c1-4-28-22-7-5-6-8-23(22)30-20-9-12-26(13-10-20)24(27)25-11-14-29-21-16-18(2)15-19(3)17-21/h5-8,15-17,20H,4,9-14H2,1-3H3,(H,25,27). The molecule has 162 valence electrons. The second kappa shape index (κ2) is 10.8. The molecule has 0 bridgehead atoms. The fraction of sp³-hybridized carbons (Fsp3) is 0.458. The Morgan fingerprint density at radius 2 is 1.70 bits per heavy atom. The number of urea groups is 1. The van der Waals surface area contributed by atoms with Crippen molar-refractivity contribution in [3.8, 4) is 17.2 Å². The highest BCUT2D eigenvalue weighted by Gasteiger charge is 2.24. The molecule has 1 saturated heterocycles. The summed E-state index contributed by atoms with van der Waals surface area (Å²) >= 11 is 0. The number of aryl methyl sites for hydroxylation is 2. The lowest BCUT2D eigenvalue weighted by Crippen LogP contribution is -2.47. The van der Waals surface area contributed by atoms with Crippen molar-refractivity contribution in [2.24, 2.45) is 0 Å². The van der Waals surface area contributed by atoms with Crippen molar-refractivity contribution in [2.75, 3.05) is 32.8 Å². The first-order valence-corrected chi connectivity index (χ1v) is 10.7. The fourth-order valence-electron chi connectivity index (χ4n) is 3.63. The molecule has 0 unspecified atom stereocenters. The van der Waals surface area contributed by atoms with Gasteiger partial charge in [0.15, 0.2) is 11.5 Å². The van der Waals surface area contributed by atoms with Crippen LogP contribution in [0.15, 0.2) is 42.5 Å². The number of hydrogen-bond donors (Lipinski definition) is 1. The van der Waals surface area contributed by atoms with Gasteiger partial charge in [-0.05, 0) is 56.2 Å². The third-order valence-electron chi connectivity index (χ3n) is 5.01. The Bertz CT molecular complexity index is 811. The smallest absolute Gasteiger partial charge is 0.317 e. The lowest BCUT2D eigenvalue weighted by molar-refractivity contribution is 0.107. The third kappa shape index (κ3) is 6.31. The Kier molecular flexibility index (Phi) is 7.82. The molecule has 2 amide bonds. The van der Waals surface area contributed by atoms with Crippen LogP contribution in [0, 0.1) is 13.8 Å². The van der Waals surface area contributed by atoms with E-state index in [-0.39, 0.29) is 12.1 Å². The van der Waals surface area contributed by atoms with Crippen molar-refractivity contribution in [3.63, 3.8) is 0 Å². The molecular formula is C24H32N2O4. The van der Waals surface area contributed by atoms with E-state index in [9.17, 15) is 4.79 Å². The molecule has 3 rings (SSSR count). The Balaban J connectivity index is 1.38. The van der Waals surface area contributed by atoms with Crippen LogP contribution in [0.2, 0.25) is 0 Å². The summed E-state index contributed by atoms with van der Waals surface area (Å²) in [6.07, 6.45) is 1.68. The summed E-state index contributed by atoms with van der Waals surface area (Å²) in [5.41, 5.74) is 2.34. The number of benzene rings is 2. The van der Waals surface area contributed by atoms with Gasteiger partial charge in [0.1, 0.15) is 18.5 Å². The summed E-state index contributed by atoms with van der Waals surface area (Å²) in [6, 6.07) is 13.8. The van der Waals surface area contributed by atoms with Gasteiger partial charge in [0.05, 0.1) is 13.2 Å². The maximum atomic E-state index is 12.4. The Morgan fingerprint density at radius 1 is 1.03 bits per heavy atom. The first-order chi connectivity index (χ1) is 14.5. The van der Waals surface area contributed by atoms with Crippen molar-refractivity contribution in [1.82, 2.24) is 10.2 Å². The zero-order valence-electron chi connectivity index (χ0n) is 18.1. The predicted octanol–water partition coefficient (Wildman–Crippen LogP) is 4.33. The molecule has 0 aliphatic carbocycles. The average molecular weight is 413 g/mol. The van der Waals surface area contributed by atoms with E-state index < -0.39 is 0 Å². The minimum absolute atomic E-state index is 0.0489. The molecule has 1 heterocycles. The van der Waals surface area contributed by atoms with Crippen LogP contribution < -0.4 is 19.5 Å². The lowest BCUT2D eigenvalue weighted by Gasteiger charge is -2.32. The van der Waals surface area contributed by atoms with Crippen molar-refractivity contribution in [3.05, 3.63) is 53.6 Å². The normalized spacial score (nSPS) is 14.3. The Labute approximate surface area is 179 Å². The SMILES string of the molecule is CCOc1ccccc1OC1CCN(C(=O)NCCOc2cc(C)cc(C)c2)CC1. The number of likely N-dealkylation sites (tertiary alicyclic amines) is 1. The molecule has 6 nitrogen and oxygen atoms in total. The van der Waals surface area contributed by atoms with Gasteiger partial charge in [-0.15, -0.1) is 0 Å². The summed E-state index contributed by atoms with van der Waals surface area (Å²) < 4.78 is 17.5. The molecule has 0 spiro atoms. The molecule has 1 aliphatic heterocycles. The number of hydrogen-bond acceptors (Lipinski definition) is 4. The van der Waals surface area contributed by atoms with Crippen LogP contribution in [0.25, 0.3) is 0 Å². The molecule has 0 saturated carbocycles. The first kappa shape index (κ1) is 21.8. The second-order valence-corrected chi connectivity index (χ2v) is 7.59. The van der Waals surface area contributed by atoms with Gasteiger partial charge in [0.25, 0.3) is 0 Å². The van der Waals surface area contributed by atoms with E-state index in [1.165, 1.54) is 11.1 Å². The molecule has 6 heteroatoms. The number of piperidine rings is 1. The minimum atomic E-state index is -0.0489. The van der Waals surface area contributed by atoms with Crippen LogP contribution in [0.3, 0.4) is 0 Å². The number of rotatable bonds is 8. The van der Waals surface area contributed by atoms with Crippen molar-refractivity contribution in [1.29, 1.82) is 0 Å². The molecule has 1 aliphatic rings. The average Bonchev–Trinajstić information content (AvgIpc) is 2.72. The zero-order chi connectivity index (χ0) is 21.3. The number of carbonyl (C=O) groups is 1. The van der Waals surface area contributed by atoms with Gasteiger partial charge < -0.3 is 24.4 Å². The van der Waals surface area contributed by atoms with Gasteiger partial charge >= 0.3 is 6.03 Å². The summed E-state index contributed by atoms with van der Waals surface area (Å²) in [5, 5.41) is 2.94. The summed E-state index contributed by atoms with van der Waals surface area (Å²) in [5.74, 6) is 2.38. The van der Waals surface area contributed by atoms with E-state index >= 15 is 0 Å². The van der Waals surface area contributed by atoms with Gasteiger partial charge in [-0.2, -0.15) is 0 Å². The van der Waals surface area contributed by atoms with Gasteiger partial charge in [0.2, 0.25) is 0 Å². The van der Waals surface area contributed by atoms with Gasteiger partial charge in [-0.25, -0.2) is 4.79 Å². The predicted molar refractivity (Wildman–Crippen MR) is 118 cm³/mol. The molecule has 0 atom stereocenters. The number of ether oxygens (including phenoxy) is 3. The molecule has 0 aromatic heterocycles. The van der Waals surface area contributed by atoms with Crippen LogP contribution in [-0.2, 0) is 0 Å².